The normalized spacial score (nSPS) is 11.4. The number of rotatable bonds is 11. The minimum atomic E-state index is -1.03. The molecule has 2 aromatic heterocycles. The first-order valence-corrected chi connectivity index (χ1v) is 12.8. The molecule has 1 amide bonds. The number of nitrogens with zero attached hydrogens (tertiary/aromatic N) is 5. The van der Waals surface area contributed by atoms with Crippen molar-refractivity contribution in [2.45, 2.75) is 46.6 Å². The quantitative estimate of drug-likeness (QED) is 0.273. The van der Waals surface area contributed by atoms with Gasteiger partial charge in [0.15, 0.2) is 0 Å². The molecule has 10 heteroatoms. The number of ether oxygens (including phenoxy) is 1. The highest BCUT2D eigenvalue weighted by Gasteiger charge is 2.38. The van der Waals surface area contributed by atoms with Crippen LogP contribution in [0.15, 0.2) is 54.6 Å². The van der Waals surface area contributed by atoms with Crippen molar-refractivity contribution in [1.29, 1.82) is 0 Å². The van der Waals surface area contributed by atoms with E-state index in [1.807, 2.05) is 75.4 Å². The zero-order valence-corrected chi connectivity index (χ0v) is 21.8. The summed E-state index contributed by atoms with van der Waals surface area (Å²) in [6.45, 7) is 6.20. The first-order valence-electron chi connectivity index (χ1n) is 12.8. The number of aromatic nitrogens is 5. The number of amides is 1. The molecule has 10 nitrogen and oxygen atoms in total. The van der Waals surface area contributed by atoms with Gasteiger partial charge >= 0.3 is 12.1 Å². The summed E-state index contributed by atoms with van der Waals surface area (Å²) in [6, 6.07) is 17.5. The number of hydrogen-bond acceptors (Lipinski definition) is 7. The van der Waals surface area contributed by atoms with Crippen LogP contribution in [0.1, 0.15) is 45.6 Å². The number of carboxylic acids is 1. The van der Waals surface area contributed by atoms with Crippen molar-refractivity contribution in [1.82, 2.24) is 30.5 Å². The number of benzene rings is 2. The van der Waals surface area contributed by atoms with Gasteiger partial charge in [-0.15, -0.1) is 10.2 Å². The van der Waals surface area contributed by atoms with Crippen molar-refractivity contribution in [3.05, 3.63) is 60.2 Å². The summed E-state index contributed by atoms with van der Waals surface area (Å²) >= 11 is 0. The molecule has 4 rings (SSSR count). The second-order valence-corrected chi connectivity index (χ2v) is 9.30. The molecule has 198 valence electrons. The molecule has 0 aliphatic rings. The van der Waals surface area contributed by atoms with Gasteiger partial charge in [-0.05, 0) is 48.2 Å². The number of hydrogen-bond donors (Lipinski definition) is 2. The summed E-state index contributed by atoms with van der Waals surface area (Å²) < 4.78 is 5.39. The number of carbonyl (C=O) groups excluding carboxylic acids is 1. The minimum absolute atomic E-state index is 0.0763. The molecular formula is C28H32N6O4. The number of tetrazole rings is 1. The molecule has 0 spiro atoms. The Labute approximate surface area is 221 Å². The molecule has 4 aromatic rings. The predicted molar refractivity (Wildman–Crippen MR) is 143 cm³/mol. The first kappa shape index (κ1) is 26.7. The molecule has 0 aliphatic heterocycles. The Morgan fingerprint density at radius 1 is 1.00 bits per heavy atom. The smallest absolute Gasteiger partial charge is 0.410 e. The van der Waals surface area contributed by atoms with Gasteiger partial charge in [0.2, 0.25) is 5.82 Å². The molecule has 38 heavy (non-hydrogen) atoms. The van der Waals surface area contributed by atoms with Gasteiger partial charge in [-0.3, -0.25) is 4.79 Å². The van der Waals surface area contributed by atoms with Gasteiger partial charge in [-0.2, -0.15) is 5.21 Å². The van der Waals surface area contributed by atoms with Gasteiger partial charge in [0.25, 0.3) is 0 Å². The minimum Gasteiger partial charge on any atom is -0.481 e. The van der Waals surface area contributed by atoms with Crippen LogP contribution >= 0.6 is 0 Å². The van der Waals surface area contributed by atoms with E-state index in [4.69, 9.17) is 9.72 Å². The fourth-order valence-electron chi connectivity index (χ4n) is 4.40. The fourth-order valence-corrected chi connectivity index (χ4v) is 4.40. The summed E-state index contributed by atoms with van der Waals surface area (Å²) in [5.41, 5.74) is 3.29. The third-order valence-corrected chi connectivity index (χ3v) is 6.90. The topological polar surface area (TPSA) is 134 Å². The van der Waals surface area contributed by atoms with Crippen LogP contribution in [0.3, 0.4) is 0 Å². The Balaban J connectivity index is 1.57. The van der Waals surface area contributed by atoms with Crippen LogP contribution in [0.5, 0.6) is 0 Å². The number of fused-ring (bicyclic) bond motifs is 1. The maximum Gasteiger partial charge on any atom is 0.410 e. The molecule has 0 unspecified atom stereocenters. The van der Waals surface area contributed by atoms with Crippen molar-refractivity contribution in [3.8, 4) is 22.6 Å². The predicted octanol–water partition coefficient (Wildman–Crippen LogP) is 5.32. The number of nitrogens with one attached hydrogen (secondary N) is 1. The number of H-pyrrole nitrogens is 1. The van der Waals surface area contributed by atoms with Crippen molar-refractivity contribution < 1.29 is 19.4 Å². The molecule has 0 aliphatic carbocycles. The molecule has 2 aromatic carbocycles. The monoisotopic (exact) mass is 516 g/mol. The van der Waals surface area contributed by atoms with E-state index in [1.54, 1.807) is 0 Å². The Hall–Kier alpha value is -4.34. The number of aliphatic carboxylic acids is 1. The molecule has 2 heterocycles. The van der Waals surface area contributed by atoms with E-state index >= 15 is 0 Å². The lowest BCUT2D eigenvalue weighted by atomic mass is 9.82. The molecule has 0 atom stereocenters. The Morgan fingerprint density at radius 3 is 2.37 bits per heavy atom. The van der Waals surface area contributed by atoms with Crippen LogP contribution in [0.2, 0.25) is 0 Å². The van der Waals surface area contributed by atoms with Crippen LogP contribution in [0.25, 0.3) is 33.5 Å². The summed E-state index contributed by atoms with van der Waals surface area (Å²) in [6.07, 6.45) is 1.01. The van der Waals surface area contributed by atoms with Gasteiger partial charge < -0.3 is 14.7 Å². The van der Waals surface area contributed by atoms with Crippen LogP contribution in [0.4, 0.5) is 4.79 Å². The SMILES string of the molecule is CCCOC(=O)N(Cc1ccc2nc(-c3ccc(-c4nn[nH]n4)cc3)ccc2c1)CC(CC)(CC)C(=O)O. The largest absolute Gasteiger partial charge is 0.481 e. The van der Waals surface area contributed by atoms with E-state index in [9.17, 15) is 14.7 Å². The highest BCUT2D eigenvalue weighted by atomic mass is 16.6. The maximum atomic E-state index is 12.9. The van der Waals surface area contributed by atoms with Gasteiger partial charge in [0.05, 0.1) is 23.2 Å². The van der Waals surface area contributed by atoms with Gasteiger partial charge in [-0.1, -0.05) is 57.2 Å². The standard InChI is InChI=1S/C28H32N6O4/c1-4-15-38-27(37)34(18-28(5-2,6-3)26(35)36)17-19-7-13-24-22(16-19)12-14-23(29-24)20-8-10-21(11-9-20)25-30-32-33-31-25/h7-14,16H,4-6,15,17-18H2,1-3H3,(H,35,36)(H,30,31,32,33). The summed E-state index contributed by atoms with van der Waals surface area (Å²) in [5.74, 6) is -0.377. The highest BCUT2D eigenvalue weighted by molar-refractivity contribution is 5.82. The average molecular weight is 517 g/mol. The zero-order valence-electron chi connectivity index (χ0n) is 21.8. The van der Waals surface area contributed by atoms with E-state index in [1.165, 1.54) is 4.90 Å². The number of pyridine rings is 1. The van der Waals surface area contributed by atoms with E-state index in [0.717, 1.165) is 33.3 Å². The first-order chi connectivity index (χ1) is 18.4. The number of aromatic amines is 1. The maximum absolute atomic E-state index is 12.9. The van der Waals surface area contributed by atoms with Crippen molar-refractivity contribution in [3.63, 3.8) is 0 Å². The second kappa shape index (κ2) is 11.8. The molecule has 2 N–H and O–H groups in total. The molecule has 0 saturated heterocycles. The van der Waals surface area contributed by atoms with Crippen LogP contribution in [-0.4, -0.2) is 60.8 Å². The zero-order chi connectivity index (χ0) is 27.1. The lowest BCUT2D eigenvalue weighted by molar-refractivity contribution is -0.150. The Kier molecular flexibility index (Phi) is 8.30. The molecule has 0 fully saturated rings. The van der Waals surface area contributed by atoms with Crippen molar-refractivity contribution >= 4 is 23.0 Å². The third kappa shape index (κ3) is 5.80. The van der Waals surface area contributed by atoms with Gasteiger partial charge in [0.1, 0.15) is 0 Å². The molecule has 0 saturated carbocycles. The van der Waals surface area contributed by atoms with Gasteiger partial charge in [-0.25, -0.2) is 9.78 Å². The van der Waals surface area contributed by atoms with Crippen LogP contribution < -0.4 is 0 Å². The third-order valence-electron chi connectivity index (χ3n) is 6.90. The second-order valence-electron chi connectivity index (χ2n) is 9.30. The molecule has 0 bridgehead atoms. The van der Waals surface area contributed by atoms with Gasteiger partial charge in [0, 0.05) is 29.6 Å². The van der Waals surface area contributed by atoms with E-state index < -0.39 is 17.5 Å². The summed E-state index contributed by atoms with van der Waals surface area (Å²) in [5, 5.41) is 24.9. The summed E-state index contributed by atoms with van der Waals surface area (Å²) in [4.78, 5) is 31.3. The van der Waals surface area contributed by atoms with Crippen LogP contribution in [0, 0.1) is 5.41 Å². The van der Waals surface area contributed by atoms with Crippen molar-refractivity contribution in [2.24, 2.45) is 5.41 Å². The van der Waals surface area contributed by atoms with E-state index in [0.29, 0.717) is 25.1 Å². The molecular weight excluding hydrogens is 484 g/mol. The lowest BCUT2D eigenvalue weighted by Crippen LogP contribution is -2.45. The number of carbonyl (C=O) groups is 2. The number of carboxylic acid groups (broad SMARTS) is 1. The van der Waals surface area contributed by atoms with E-state index in [-0.39, 0.29) is 19.7 Å². The van der Waals surface area contributed by atoms with Crippen molar-refractivity contribution in [2.75, 3.05) is 13.2 Å². The Bertz CT molecular complexity index is 1380. The Morgan fingerprint density at radius 2 is 1.74 bits per heavy atom. The molecule has 0 radical (unpaired) electrons. The van der Waals surface area contributed by atoms with Crippen LogP contribution in [-0.2, 0) is 16.1 Å². The lowest BCUT2D eigenvalue weighted by Gasteiger charge is -2.33. The average Bonchev–Trinajstić information content (AvgIpc) is 3.49. The fraction of sp³-hybridized carbons (Fsp3) is 0.357. The van der Waals surface area contributed by atoms with E-state index in [2.05, 4.69) is 20.6 Å². The summed E-state index contributed by atoms with van der Waals surface area (Å²) in [7, 11) is 0. The highest BCUT2D eigenvalue weighted by Crippen LogP contribution is 2.30.